The number of pyridine rings is 1. The Balaban J connectivity index is 1.61. The molecule has 1 fully saturated rings. The summed E-state index contributed by atoms with van der Waals surface area (Å²) in [4.78, 5) is 32.1. The second-order valence-corrected chi connectivity index (χ2v) is 10.4. The van der Waals surface area contributed by atoms with Crippen molar-refractivity contribution in [3.63, 3.8) is 0 Å². The Hall–Kier alpha value is -3.33. The van der Waals surface area contributed by atoms with Crippen molar-refractivity contribution in [3.05, 3.63) is 51.9 Å². The van der Waals surface area contributed by atoms with Gasteiger partial charge in [0.1, 0.15) is 11.1 Å². The van der Waals surface area contributed by atoms with Gasteiger partial charge >= 0.3 is 11.7 Å². The van der Waals surface area contributed by atoms with Gasteiger partial charge in [-0.25, -0.2) is 14.5 Å². The highest BCUT2D eigenvalue weighted by Crippen LogP contribution is 2.27. The van der Waals surface area contributed by atoms with Crippen LogP contribution in [0.3, 0.4) is 0 Å². The van der Waals surface area contributed by atoms with E-state index in [1.54, 1.807) is 23.4 Å². The molecule has 35 heavy (non-hydrogen) atoms. The number of piperazine rings is 1. The number of nitrogens with zero attached hydrogens (tertiary/aromatic N) is 4. The Kier molecular flexibility index (Phi) is 6.40. The maximum Gasteiger partial charge on any atom is 0.410 e. The summed E-state index contributed by atoms with van der Waals surface area (Å²) >= 11 is 0. The second-order valence-electron chi connectivity index (χ2n) is 10.4. The molecular formula is C26H34N4O5. The van der Waals surface area contributed by atoms with Gasteiger partial charge in [0.05, 0.1) is 18.7 Å². The lowest BCUT2D eigenvalue weighted by atomic mass is 9.97. The first kappa shape index (κ1) is 24.8. The summed E-state index contributed by atoms with van der Waals surface area (Å²) in [6, 6.07) is 9.18. The fraction of sp³-hybridized carbons (Fsp3) is 0.500. The van der Waals surface area contributed by atoms with Crippen LogP contribution in [0.15, 0.2) is 39.5 Å². The highest BCUT2D eigenvalue weighted by atomic mass is 16.6. The molecule has 188 valence electrons. The third kappa shape index (κ3) is 5.19. The summed E-state index contributed by atoms with van der Waals surface area (Å²) in [5.74, 6) is 0.356. The van der Waals surface area contributed by atoms with Crippen molar-refractivity contribution in [2.24, 2.45) is 0 Å². The molecular weight excluding hydrogens is 448 g/mol. The van der Waals surface area contributed by atoms with E-state index in [9.17, 15) is 14.7 Å². The van der Waals surface area contributed by atoms with Crippen LogP contribution in [-0.2, 0) is 16.8 Å². The summed E-state index contributed by atoms with van der Waals surface area (Å²) < 4.78 is 13.1. The number of aromatic nitrogens is 2. The van der Waals surface area contributed by atoms with Crippen LogP contribution in [0.4, 0.5) is 4.79 Å². The Labute approximate surface area is 204 Å². The molecule has 4 rings (SSSR count). The molecule has 1 aromatic carbocycles. The van der Waals surface area contributed by atoms with E-state index in [0.717, 1.165) is 16.8 Å². The van der Waals surface area contributed by atoms with Crippen molar-refractivity contribution < 1.29 is 19.1 Å². The van der Waals surface area contributed by atoms with Crippen molar-refractivity contribution in [2.45, 2.75) is 59.2 Å². The number of rotatable bonds is 4. The Morgan fingerprint density at radius 3 is 2.26 bits per heavy atom. The van der Waals surface area contributed by atoms with E-state index in [2.05, 4.69) is 4.98 Å². The first-order chi connectivity index (χ1) is 16.4. The molecule has 1 saturated heterocycles. The molecule has 0 atom stereocenters. The predicted molar refractivity (Wildman–Crippen MR) is 134 cm³/mol. The van der Waals surface area contributed by atoms with Gasteiger partial charge in [-0.2, -0.15) is 0 Å². The first-order valence-electron chi connectivity index (χ1n) is 12.0. The molecule has 0 unspecified atom stereocenters. The average molecular weight is 483 g/mol. The number of ether oxygens (including phenoxy) is 1. The molecule has 9 nitrogen and oxygen atoms in total. The fourth-order valence-corrected chi connectivity index (χ4v) is 4.14. The number of fused-ring (bicyclic) bond motifs is 1. The van der Waals surface area contributed by atoms with Gasteiger partial charge in [-0.3, -0.25) is 4.79 Å². The lowest BCUT2D eigenvalue weighted by molar-refractivity contribution is 0.0231. The Morgan fingerprint density at radius 2 is 1.71 bits per heavy atom. The largest absolute Gasteiger partial charge is 0.444 e. The van der Waals surface area contributed by atoms with E-state index < -0.39 is 11.2 Å². The van der Waals surface area contributed by atoms with E-state index >= 15 is 0 Å². The number of hydrogen-bond donors (Lipinski definition) is 1. The number of aliphatic hydroxyl groups is 1. The molecule has 2 aromatic heterocycles. The van der Waals surface area contributed by atoms with Crippen LogP contribution in [0.1, 0.15) is 52.8 Å². The summed E-state index contributed by atoms with van der Waals surface area (Å²) in [5, 5.41) is 12.1. The topological polar surface area (TPSA) is 101 Å². The van der Waals surface area contributed by atoms with Crippen molar-refractivity contribution in [3.8, 4) is 11.5 Å². The molecule has 3 aromatic rings. The summed E-state index contributed by atoms with van der Waals surface area (Å²) in [6.07, 6.45) is 0.297. The van der Waals surface area contributed by atoms with E-state index in [-0.39, 0.29) is 17.2 Å². The highest BCUT2D eigenvalue weighted by molar-refractivity contribution is 5.76. The minimum absolute atomic E-state index is 0.193. The molecule has 0 radical (unpaired) electrons. The maximum absolute atomic E-state index is 13.5. The van der Waals surface area contributed by atoms with Gasteiger partial charge in [-0.1, -0.05) is 19.1 Å². The predicted octanol–water partition coefficient (Wildman–Crippen LogP) is 3.64. The molecule has 1 aliphatic heterocycles. The van der Waals surface area contributed by atoms with Crippen molar-refractivity contribution >= 4 is 17.2 Å². The van der Waals surface area contributed by atoms with E-state index in [1.807, 2.05) is 63.0 Å². The van der Waals surface area contributed by atoms with Gasteiger partial charge in [0.15, 0.2) is 0 Å². The van der Waals surface area contributed by atoms with Crippen LogP contribution >= 0.6 is 0 Å². The minimum atomic E-state index is -0.947. The smallest absolute Gasteiger partial charge is 0.410 e. The Morgan fingerprint density at radius 1 is 1.09 bits per heavy atom. The first-order valence-corrected chi connectivity index (χ1v) is 12.0. The number of benzene rings is 1. The zero-order valence-corrected chi connectivity index (χ0v) is 21.3. The molecule has 0 saturated carbocycles. The van der Waals surface area contributed by atoms with Gasteiger partial charge in [-0.05, 0) is 64.8 Å². The molecule has 0 spiro atoms. The Bertz CT molecular complexity index is 1270. The standard InChI is InChI=1S/C26H34N4O5/c1-7-19-16-20-21(34-22(27-20)17-8-10-18(11-9-17)26(5,6)33)23(31)30(19)29-14-12-28(13-15-29)24(32)35-25(2,3)4/h8-11,16,33H,7,12-15H2,1-6H3. The minimum Gasteiger partial charge on any atom is -0.444 e. The van der Waals surface area contributed by atoms with Crippen LogP contribution in [0.2, 0.25) is 0 Å². The summed E-state index contributed by atoms with van der Waals surface area (Å²) in [5.41, 5.74) is 1.27. The van der Waals surface area contributed by atoms with Gasteiger partial charge < -0.3 is 24.2 Å². The van der Waals surface area contributed by atoms with Crippen LogP contribution < -0.4 is 10.6 Å². The highest BCUT2D eigenvalue weighted by Gasteiger charge is 2.28. The van der Waals surface area contributed by atoms with Crippen molar-refractivity contribution in [2.75, 3.05) is 31.2 Å². The molecule has 3 heterocycles. The third-order valence-corrected chi connectivity index (χ3v) is 6.01. The third-order valence-electron chi connectivity index (χ3n) is 6.01. The number of carbonyl (C=O) groups excluding carboxylic acids is 1. The number of amides is 1. The normalized spacial score (nSPS) is 15.1. The van der Waals surface area contributed by atoms with Gasteiger partial charge in [0.25, 0.3) is 0 Å². The summed E-state index contributed by atoms with van der Waals surface area (Å²) in [7, 11) is 0. The van der Waals surface area contributed by atoms with Crippen LogP contribution in [-0.4, -0.2) is 57.5 Å². The number of carbonyl (C=O) groups is 1. The molecule has 1 N–H and O–H groups in total. The van der Waals surface area contributed by atoms with E-state index in [0.29, 0.717) is 44.0 Å². The van der Waals surface area contributed by atoms with Gasteiger partial charge in [0, 0.05) is 24.3 Å². The van der Waals surface area contributed by atoms with Crippen LogP contribution in [0, 0.1) is 0 Å². The van der Waals surface area contributed by atoms with Gasteiger partial charge in [-0.15, -0.1) is 0 Å². The monoisotopic (exact) mass is 482 g/mol. The molecule has 9 heteroatoms. The average Bonchev–Trinajstić information content (AvgIpc) is 3.22. The lowest BCUT2D eigenvalue weighted by Gasteiger charge is -2.37. The molecule has 1 aliphatic rings. The van der Waals surface area contributed by atoms with Crippen molar-refractivity contribution in [1.29, 1.82) is 0 Å². The zero-order chi connectivity index (χ0) is 25.5. The second kappa shape index (κ2) is 9.03. The fourth-order valence-electron chi connectivity index (χ4n) is 4.14. The number of oxazole rings is 1. The van der Waals surface area contributed by atoms with Gasteiger partial charge in [0.2, 0.25) is 11.5 Å². The lowest BCUT2D eigenvalue weighted by Crippen LogP contribution is -2.56. The van der Waals surface area contributed by atoms with Crippen LogP contribution in [0.25, 0.3) is 22.6 Å². The zero-order valence-electron chi connectivity index (χ0n) is 21.3. The molecule has 0 aliphatic carbocycles. The summed E-state index contributed by atoms with van der Waals surface area (Å²) in [6.45, 7) is 12.9. The quantitative estimate of drug-likeness (QED) is 0.606. The number of hydrogen-bond acceptors (Lipinski definition) is 7. The molecule has 1 amide bonds. The SMILES string of the molecule is CCc1cc2nc(-c3ccc(C(C)(C)O)cc3)oc2c(=O)n1N1CCN(C(=O)OC(C)(C)C)CC1. The van der Waals surface area contributed by atoms with Crippen molar-refractivity contribution in [1.82, 2.24) is 14.6 Å². The number of aryl methyl sites for hydroxylation is 1. The van der Waals surface area contributed by atoms with E-state index in [4.69, 9.17) is 9.15 Å². The van der Waals surface area contributed by atoms with E-state index in [1.165, 1.54) is 0 Å². The van der Waals surface area contributed by atoms with Crippen LogP contribution in [0.5, 0.6) is 0 Å². The maximum atomic E-state index is 13.5. The molecule has 0 bridgehead atoms.